The molecule has 33 heavy (non-hydrogen) atoms. The molecular weight excluding hydrogens is 408 g/mol. The van der Waals surface area contributed by atoms with Crippen LogP contribution < -0.4 is 0 Å². The van der Waals surface area contributed by atoms with Crippen LogP contribution in [0.15, 0.2) is 82.8 Å². The fraction of sp³-hybridized carbons (Fsp3) is 0.310. The Kier molecular flexibility index (Phi) is 3.47. The molecule has 0 saturated heterocycles. The van der Waals surface area contributed by atoms with Gasteiger partial charge >= 0.3 is 0 Å². The van der Waals surface area contributed by atoms with E-state index in [1.54, 1.807) is 0 Å². The van der Waals surface area contributed by atoms with Crippen molar-refractivity contribution in [2.75, 3.05) is 0 Å². The highest BCUT2D eigenvalue weighted by Crippen LogP contribution is 2.51. The maximum atomic E-state index is 6.68. The van der Waals surface area contributed by atoms with Gasteiger partial charge in [-0.3, -0.25) is 0 Å². The first-order chi connectivity index (χ1) is 16.3. The van der Waals surface area contributed by atoms with Crippen LogP contribution in [0.1, 0.15) is 45.5 Å². The lowest BCUT2D eigenvalue weighted by Crippen LogP contribution is -2.42. The highest BCUT2D eigenvalue weighted by atomic mass is 16.5. The molecule has 0 unspecified atom stereocenters. The van der Waals surface area contributed by atoms with E-state index in [0.717, 1.165) is 37.5 Å². The quantitative estimate of drug-likeness (QED) is 0.574. The number of hydrogen-bond donors (Lipinski definition) is 0. The molecule has 2 aliphatic heterocycles. The zero-order valence-corrected chi connectivity index (χ0v) is 18.3. The summed E-state index contributed by atoms with van der Waals surface area (Å²) in [5, 5.41) is 0. The second-order valence-corrected chi connectivity index (χ2v) is 10.1. The van der Waals surface area contributed by atoms with E-state index < -0.39 is 5.41 Å². The molecule has 3 aliphatic carbocycles. The first kappa shape index (κ1) is 18.1. The lowest BCUT2D eigenvalue weighted by molar-refractivity contribution is 0.164. The van der Waals surface area contributed by atoms with E-state index in [2.05, 4.69) is 72.8 Å². The smallest absolute Gasteiger partial charge is 0.201 e. The first-order valence-corrected chi connectivity index (χ1v) is 12.0. The SMILES string of the molecule is c1ccc2c(c1)CC(C1=N[C@@H]3c4ccccc4C[C@@H]3O1)(C1=N[C@@H]3c4ccccc4C[C@@H]3O1)C2. The monoisotopic (exact) mass is 432 g/mol. The Morgan fingerprint density at radius 3 is 1.48 bits per heavy atom. The molecule has 0 amide bonds. The summed E-state index contributed by atoms with van der Waals surface area (Å²) in [5.41, 5.74) is 7.60. The van der Waals surface area contributed by atoms with E-state index in [4.69, 9.17) is 19.5 Å². The molecule has 0 radical (unpaired) electrons. The van der Waals surface area contributed by atoms with Crippen LogP contribution in [0, 0.1) is 5.41 Å². The largest absolute Gasteiger partial charge is 0.474 e. The Morgan fingerprint density at radius 1 is 0.576 bits per heavy atom. The van der Waals surface area contributed by atoms with Crippen LogP contribution in [-0.2, 0) is 35.2 Å². The molecule has 0 fully saturated rings. The second-order valence-electron chi connectivity index (χ2n) is 10.1. The van der Waals surface area contributed by atoms with Crippen molar-refractivity contribution in [2.24, 2.45) is 15.4 Å². The van der Waals surface area contributed by atoms with Gasteiger partial charge in [0, 0.05) is 12.8 Å². The summed E-state index contributed by atoms with van der Waals surface area (Å²) in [5.74, 6) is 1.66. The van der Waals surface area contributed by atoms with Crippen molar-refractivity contribution in [3.63, 3.8) is 0 Å². The molecular formula is C29H24N2O2. The van der Waals surface area contributed by atoms with Gasteiger partial charge in [-0.15, -0.1) is 0 Å². The summed E-state index contributed by atoms with van der Waals surface area (Å²) < 4.78 is 13.4. The highest BCUT2D eigenvalue weighted by Gasteiger charge is 2.56. The molecule has 0 bridgehead atoms. The van der Waals surface area contributed by atoms with Crippen LogP contribution in [0.25, 0.3) is 0 Å². The minimum atomic E-state index is -0.442. The zero-order valence-electron chi connectivity index (χ0n) is 18.3. The van der Waals surface area contributed by atoms with Gasteiger partial charge in [0.15, 0.2) is 0 Å². The number of hydrogen-bond acceptors (Lipinski definition) is 4. The Morgan fingerprint density at radius 2 is 1.00 bits per heavy atom. The molecule has 0 N–H and O–H groups in total. The summed E-state index contributed by atoms with van der Waals surface area (Å²) in [4.78, 5) is 10.5. The summed E-state index contributed by atoms with van der Waals surface area (Å²) in [6, 6.07) is 26.1. The number of fused-ring (bicyclic) bond motifs is 7. The number of rotatable bonds is 2. The number of aliphatic imine (C=N–C) groups is 2. The number of nitrogens with zero attached hydrogens (tertiary/aromatic N) is 2. The predicted molar refractivity (Wildman–Crippen MR) is 127 cm³/mol. The summed E-state index contributed by atoms with van der Waals surface area (Å²) in [7, 11) is 0. The normalized spacial score (nSPS) is 29.2. The fourth-order valence-corrected chi connectivity index (χ4v) is 6.67. The Labute approximate surface area is 193 Å². The third-order valence-electron chi connectivity index (χ3n) is 8.25. The molecule has 0 aromatic heterocycles. The number of benzene rings is 3. The van der Waals surface area contributed by atoms with Crippen LogP contribution in [0.4, 0.5) is 0 Å². The molecule has 4 atom stereocenters. The van der Waals surface area contributed by atoms with Gasteiger partial charge < -0.3 is 9.47 Å². The molecule has 0 spiro atoms. The Balaban J connectivity index is 1.24. The molecule has 3 aromatic carbocycles. The van der Waals surface area contributed by atoms with E-state index in [-0.39, 0.29) is 24.3 Å². The van der Waals surface area contributed by atoms with E-state index in [0.29, 0.717) is 0 Å². The van der Waals surface area contributed by atoms with E-state index in [9.17, 15) is 0 Å². The molecule has 2 heterocycles. The van der Waals surface area contributed by atoms with E-state index >= 15 is 0 Å². The minimum absolute atomic E-state index is 0.0824. The maximum absolute atomic E-state index is 6.68. The second kappa shape index (κ2) is 6.34. The highest BCUT2D eigenvalue weighted by molar-refractivity contribution is 6.08. The van der Waals surface area contributed by atoms with Gasteiger partial charge in [-0.2, -0.15) is 0 Å². The first-order valence-electron chi connectivity index (χ1n) is 12.0. The van der Waals surface area contributed by atoms with Crippen molar-refractivity contribution in [3.05, 3.63) is 106 Å². The molecule has 3 aromatic rings. The average molecular weight is 433 g/mol. The topological polar surface area (TPSA) is 43.2 Å². The van der Waals surface area contributed by atoms with Gasteiger partial charge in [-0.25, -0.2) is 9.98 Å². The van der Waals surface area contributed by atoms with Gasteiger partial charge in [-0.05, 0) is 46.2 Å². The summed E-state index contributed by atoms with van der Waals surface area (Å²) >= 11 is 0. The van der Waals surface area contributed by atoms with Crippen LogP contribution in [0.2, 0.25) is 0 Å². The van der Waals surface area contributed by atoms with Crippen molar-refractivity contribution < 1.29 is 9.47 Å². The van der Waals surface area contributed by atoms with Gasteiger partial charge in [0.05, 0.1) is 0 Å². The number of ether oxygens (including phenoxy) is 2. The Hall–Kier alpha value is -3.40. The third-order valence-corrected chi connectivity index (χ3v) is 8.25. The Bertz CT molecular complexity index is 1270. The maximum Gasteiger partial charge on any atom is 0.201 e. The summed E-state index contributed by atoms with van der Waals surface area (Å²) in [6.45, 7) is 0. The minimum Gasteiger partial charge on any atom is -0.474 e. The molecule has 5 aliphatic rings. The van der Waals surface area contributed by atoms with Crippen molar-refractivity contribution in [3.8, 4) is 0 Å². The molecule has 4 nitrogen and oxygen atoms in total. The standard InChI is InChI=1S/C29H24N2O2/c1-2-10-20-16-29(15-19(20)9-1,27-30-25-21-11-5-3-7-17(21)13-23(25)32-27)28-31-26-22-12-6-4-8-18(22)14-24(26)33-28/h1-12,23-26H,13-16H2/t23-,24-,25+,26+/m0/s1. The van der Waals surface area contributed by atoms with Gasteiger partial charge in [-0.1, -0.05) is 72.8 Å². The van der Waals surface area contributed by atoms with Gasteiger partial charge in [0.2, 0.25) is 11.8 Å². The van der Waals surface area contributed by atoms with Gasteiger partial charge in [0.1, 0.15) is 29.7 Å². The molecule has 8 rings (SSSR count). The van der Waals surface area contributed by atoms with E-state index in [1.165, 1.54) is 33.4 Å². The van der Waals surface area contributed by atoms with Crippen LogP contribution in [0.5, 0.6) is 0 Å². The van der Waals surface area contributed by atoms with Gasteiger partial charge in [0.25, 0.3) is 0 Å². The zero-order chi connectivity index (χ0) is 21.6. The van der Waals surface area contributed by atoms with Crippen LogP contribution in [-0.4, -0.2) is 24.0 Å². The van der Waals surface area contributed by atoms with Crippen molar-refractivity contribution in [1.29, 1.82) is 0 Å². The third kappa shape index (κ3) is 2.41. The van der Waals surface area contributed by atoms with Crippen molar-refractivity contribution >= 4 is 11.8 Å². The van der Waals surface area contributed by atoms with Crippen LogP contribution in [0.3, 0.4) is 0 Å². The molecule has 0 saturated carbocycles. The fourth-order valence-electron chi connectivity index (χ4n) is 6.67. The van der Waals surface area contributed by atoms with E-state index in [1.807, 2.05) is 0 Å². The predicted octanol–water partition coefficient (Wildman–Crippen LogP) is 4.96. The lowest BCUT2D eigenvalue weighted by Gasteiger charge is -2.29. The molecule has 4 heteroatoms. The van der Waals surface area contributed by atoms with Crippen molar-refractivity contribution in [1.82, 2.24) is 0 Å². The molecule has 162 valence electrons. The lowest BCUT2D eigenvalue weighted by atomic mass is 9.83. The van der Waals surface area contributed by atoms with Crippen LogP contribution >= 0.6 is 0 Å². The van der Waals surface area contributed by atoms with Crippen molar-refractivity contribution in [2.45, 2.75) is 50.0 Å². The average Bonchev–Trinajstić information content (AvgIpc) is 3.62. The summed E-state index contributed by atoms with van der Waals surface area (Å²) in [6.07, 6.45) is 3.68.